The molecule has 1 aromatic heterocycles. The van der Waals surface area contributed by atoms with Crippen molar-refractivity contribution in [2.75, 3.05) is 5.32 Å². The number of carbonyl (C=O) groups excluding carboxylic acids is 1. The summed E-state index contributed by atoms with van der Waals surface area (Å²) in [5.74, 6) is -0.328. The highest BCUT2D eigenvalue weighted by atomic mass is 16.3. The van der Waals surface area contributed by atoms with E-state index in [1.54, 1.807) is 0 Å². The molecule has 6 nitrogen and oxygen atoms in total. The fourth-order valence-electron chi connectivity index (χ4n) is 0.743. The molecule has 5 N–H and O–H groups in total. The van der Waals surface area contributed by atoms with Gasteiger partial charge >= 0.3 is 6.03 Å². The summed E-state index contributed by atoms with van der Waals surface area (Å²) < 4.78 is 0. The highest BCUT2D eigenvalue weighted by Crippen LogP contribution is 2.08. The normalized spacial score (nSPS) is 9.33. The van der Waals surface area contributed by atoms with Crippen molar-refractivity contribution in [2.45, 2.75) is 0 Å². The van der Waals surface area contributed by atoms with Crippen LogP contribution in [0.1, 0.15) is 0 Å². The van der Waals surface area contributed by atoms with Crippen molar-refractivity contribution in [1.29, 1.82) is 0 Å². The lowest BCUT2D eigenvalue weighted by molar-refractivity contribution is 0.259. The molecule has 0 aliphatic heterocycles. The molecule has 1 rings (SSSR count). The lowest BCUT2D eigenvalue weighted by atomic mass is 10.4. The maximum absolute atomic E-state index is 10.7. The topological polar surface area (TPSA) is 108 Å². The first-order chi connectivity index (χ1) is 5.58. The van der Waals surface area contributed by atoms with Crippen molar-refractivity contribution in [2.24, 2.45) is 5.73 Å². The van der Waals surface area contributed by atoms with Crippen LogP contribution in [0.4, 0.5) is 10.5 Å². The number of amides is 2. The lowest BCUT2D eigenvalue weighted by Gasteiger charge is -1.99. The number of nitrogens with two attached hydrogens (primary N) is 1. The van der Waals surface area contributed by atoms with Crippen molar-refractivity contribution in [3.63, 3.8) is 0 Å². The monoisotopic (exact) mass is 169 g/mol. The second kappa shape index (κ2) is 2.95. The van der Waals surface area contributed by atoms with Gasteiger partial charge in [0.2, 0.25) is 0 Å². The Labute approximate surface area is 67.0 Å². The molecule has 0 aliphatic carbocycles. The van der Waals surface area contributed by atoms with Crippen LogP contribution in [0.25, 0.3) is 0 Å². The van der Waals surface area contributed by atoms with Crippen LogP contribution >= 0.6 is 0 Å². The number of aromatic hydroxyl groups is 1. The number of rotatable bonds is 1. The molecule has 0 atom stereocenters. The third-order valence-corrected chi connectivity index (χ3v) is 1.10. The van der Waals surface area contributed by atoms with Crippen LogP contribution in [0.5, 0.6) is 5.88 Å². The maximum Gasteiger partial charge on any atom is 0.316 e. The third-order valence-electron chi connectivity index (χ3n) is 1.10. The first-order valence-electron chi connectivity index (χ1n) is 3.08. The summed E-state index contributed by atoms with van der Waals surface area (Å²) in [4.78, 5) is 23.1. The molecule has 0 bridgehead atoms. The molecule has 2 amide bonds. The number of hydrogen-bond donors (Lipinski definition) is 4. The zero-order valence-electron chi connectivity index (χ0n) is 6.00. The average molecular weight is 169 g/mol. The van der Waals surface area contributed by atoms with E-state index in [0.29, 0.717) is 0 Å². The van der Waals surface area contributed by atoms with Gasteiger partial charge in [-0.15, -0.1) is 0 Å². The van der Waals surface area contributed by atoms with E-state index >= 15 is 0 Å². The Bertz CT molecular complexity index is 357. The van der Waals surface area contributed by atoms with Gasteiger partial charge in [0.15, 0.2) is 5.88 Å². The van der Waals surface area contributed by atoms with Gasteiger partial charge in [-0.2, -0.15) is 0 Å². The van der Waals surface area contributed by atoms with Gasteiger partial charge < -0.3 is 16.2 Å². The second-order valence-corrected chi connectivity index (χ2v) is 2.11. The summed E-state index contributed by atoms with van der Waals surface area (Å²) in [6, 6.07) is 1.48. The molecular weight excluding hydrogens is 162 g/mol. The van der Waals surface area contributed by atoms with E-state index in [9.17, 15) is 9.59 Å². The molecule has 0 fully saturated rings. The predicted molar refractivity (Wildman–Crippen MR) is 41.9 cm³/mol. The molecule has 0 spiro atoms. The average Bonchev–Trinajstić information content (AvgIpc) is 1.81. The summed E-state index contributed by atoms with van der Waals surface area (Å²) in [6.07, 6.45) is 0. The van der Waals surface area contributed by atoms with E-state index in [-0.39, 0.29) is 11.6 Å². The molecule has 0 unspecified atom stereocenters. The summed E-state index contributed by atoms with van der Waals surface area (Å²) in [7, 11) is 0. The molecule has 6 heteroatoms. The van der Waals surface area contributed by atoms with Gasteiger partial charge in [-0.05, 0) is 0 Å². The molecule has 0 aromatic carbocycles. The highest BCUT2D eigenvalue weighted by molar-refractivity contribution is 5.87. The van der Waals surface area contributed by atoms with Crippen molar-refractivity contribution in [1.82, 2.24) is 4.98 Å². The molecule has 64 valence electrons. The fraction of sp³-hybridized carbons (Fsp3) is 0. The first kappa shape index (κ1) is 8.12. The third kappa shape index (κ3) is 2.01. The Morgan fingerprint density at radius 2 is 2.25 bits per heavy atom. The standard InChI is InChI=1S/C6H7N3O3/c7-6(12)8-3-1-4(10)9-5(11)2-3/h1-2H,(H5,7,8,9,10,11,12). The number of aromatic amines is 1. The van der Waals surface area contributed by atoms with Crippen molar-refractivity contribution in [3.8, 4) is 5.88 Å². The second-order valence-electron chi connectivity index (χ2n) is 2.11. The van der Waals surface area contributed by atoms with Gasteiger partial charge in [-0.1, -0.05) is 0 Å². The Morgan fingerprint density at radius 3 is 2.75 bits per heavy atom. The number of primary amides is 1. The van der Waals surface area contributed by atoms with Crippen LogP contribution in [-0.2, 0) is 0 Å². The summed E-state index contributed by atoms with van der Waals surface area (Å²) in [5.41, 5.74) is 4.42. The minimum absolute atomic E-state index is 0.156. The number of anilines is 1. The number of pyridine rings is 1. The zero-order chi connectivity index (χ0) is 9.14. The quantitative estimate of drug-likeness (QED) is 0.458. The SMILES string of the molecule is NC(=O)Nc1cc(O)[nH]c(=O)c1. The summed E-state index contributed by atoms with van der Waals surface area (Å²) in [6.45, 7) is 0. The van der Waals surface area contributed by atoms with Gasteiger partial charge in [0, 0.05) is 12.1 Å². The van der Waals surface area contributed by atoms with Crippen LogP contribution in [0, 0.1) is 0 Å². The summed E-state index contributed by atoms with van der Waals surface area (Å²) in [5, 5.41) is 11.0. The molecule has 0 aliphatic rings. The highest BCUT2D eigenvalue weighted by Gasteiger charge is 1.98. The minimum Gasteiger partial charge on any atom is -0.494 e. The van der Waals surface area contributed by atoms with Crippen LogP contribution in [0.15, 0.2) is 16.9 Å². The van der Waals surface area contributed by atoms with Gasteiger partial charge in [-0.25, -0.2) is 4.79 Å². The predicted octanol–water partition coefficient (Wildman–Crippen LogP) is -0.429. The first-order valence-corrected chi connectivity index (χ1v) is 3.08. The van der Waals surface area contributed by atoms with Crippen LogP contribution in [-0.4, -0.2) is 16.1 Å². The number of hydrogen-bond acceptors (Lipinski definition) is 3. The van der Waals surface area contributed by atoms with E-state index < -0.39 is 11.6 Å². The maximum atomic E-state index is 10.7. The Kier molecular flexibility index (Phi) is 2.00. The van der Waals surface area contributed by atoms with E-state index in [2.05, 4.69) is 10.3 Å². The van der Waals surface area contributed by atoms with Gasteiger partial charge in [0.25, 0.3) is 5.56 Å². The Balaban J connectivity index is 3.01. The lowest BCUT2D eigenvalue weighted by Crippen LogP contribution is -2.20. The van der Waals surface area contributed by atoms with Crippen LogP contribution < -0.4 is 16.6 Å². The Hall–Kier alpha value is -1.98. The molecular formula is C6H7N3O3. The van der Waals surface area contributed by atoms with Gasteiger partial charge in [-0.3, -0.25) is 9.78 Å². The fourth-order valence-corrected chi connectivity index (χ4v) is 0.743. The molecule has 1 heterocycles. The largest absolute Gasteiger partial charge is 0.494 e. The van der Waals surface area contributed by atoms with Crippen LogP contribution in [0.2, 0.25) is 0 Å². The van der Waals surface area contributed by atoms with Crippen molar-refractivity contribution < 1.29 is 9.90 Å². The smallest absolute Gasteiger partial charge is 0.316 e. The van der Waals surface area contributed by atoms with E-state index in [4.69, 9.17) is 10.8 Å². The van der Waals surface area contributed by atoms with E-state index in [1.807, 2.05) is 0 Å². The number of H-pyrrole nitrogens is 1. The number of carbonyl (C=O) groups is 1. The zero-order valence-corrected chi connectivity index (χ0v) is 6.00. The van der Waals surface area contributed by atoms with Crippen LogP contribution in [0.3, 0.4) is 0 Å². The number of aromatic nitrogens is 1. The van der Waals surface area contributed by atoms with E-state index in [1.165, 1.54) is 6.07 Å². The molecule has 1 aromatic rings. The van der Waals surface area contributed by atoms with Gasteiger partial charge in [0.1, 0.15) is 0 Å². The van der Waals surface area contributed by atoms with E-state index in [0.717, 1.165) is 6.07 Å². The number of urea groups is 1. The molecule has 0 radical (unpaired) electrons. The molecule has 12 heavy (non-hydrogen) atoms. The van der Waals surface area contributed by atoms with Gasteiger partial charge in [0.05, 0.1) is 5.69 Å². The van der Waals surface area contributed by atoms with Crippen molar-refractivity contribution >= 4 is 11.7 Å². The molecule has 0 saturated carbocycles. The Morgan fingerprint density at radius 1 is 1.58 bits per heavy atom. The number of nitrogens with one attached hydrogen (secondary N) is 2. The summed E-state index contributed by atoms with van der Waals surface area (Å²) >= 11 is 0. The minimum atomic E-state index is -0.792. The van der Waals surface area contributed by atoms with Crippen molar-refractivity contribution in [3.05, 3.63) is 22.5 Å². The molecule has 0 saturated heterocycles.